The largest absolute Gasteiger partial charge is 0.491 e. The molecule has 9 nitrogen and oxygen atoms in total. The number of benzene rings is 3. The van der Waals surface area contributed by atoms with E-state index in [0.29, 0.717) is 24.0 Å². The first-order chi connectivity index (χ1) is 19.0. The molecule has 1 unspecified atom stereocenters. The van der Waals surface area contributed by atoms with Crippen molar-refractivity contribution in [1.82, 2.24) is 15.5 Å². The van der Waals surface area contributed by atoms with E-state index in [4.69, 9.17) is 14.3 Å². The Bertz CT molecular complexity index is 1340. The summed E-state index contributed by atoms with van der Waals surface area (Å²) in [6, 6.07) is 24.4. The summed E-state index contributed by atoms with van der Waals surface area (Å²) in [6.45, 7) is 2.71. The number of anilines is 1. The normalized spacial score (nSPS) is 11.5. The van der Waals surface area contributed by atoms with Gasteiger partial charge in [0.05, 0.1) is 12.5 Å². The lowest BCUT2D eigenvalue weighted by atomic mass is 10.1. The van der Waals surface area contributed by atoms with Crippen LogP contribution in [-0.2, 0) is 4.79 Å². The van der Waals surface area contributed by atoms with Gasteiger partial charge in [-0.15, -0.1) is 10.2 Å². The molecule has 3 aromatic carbocycles. The van der Waals surface area contributed by atoms with Gasteiger partial charge in [-0.2, -0.15) is 0 Å². The summed E-state index contributed by atoms with van der Waals surface area (Å²) in [5.41, 5.74) is 3.03. The standard InChI is InChI=1S/C30H32N4O5/c1-2-3-9-25(32-24-14-10-21(11-15-24)28(37)31-19-18-27(35)36)20-38-26-16-12-23(13-17-26)30-34-33-29(39-30)22-7-5-4-6-8-22/h4-8,10-17,25,32H,2-3,9,18-20H2,1H3,(H,31,37)(H,35,36). The number of unbranched alkanes of at least 4 members (excludes halogenated alkanes) is 1. The molecule has 1 amide bonds. The number of carbonyl (C=O) groups excluding carboxylic acids is 1. The van der Waals surface area contributed by atoms with Crippen LogP contribution in [0.4, 0.5) is 5.69 Å². The number of aromatic nitrogens is 2. The summed E-state index contributed by atoms with van der Waals surface area (Å²) in [5.74, 6) is 0.409. The third-order valence-corrected chi connectivity index (χ3v) is 6.05. The minimum Gasteiger partial charge on any atom is -0.491 e. The fraction of sp³-hybridized carbons (Fsp3) is 0.267. The summed E-state index contributed by atoms with van der Waals surface area (Å²) in [6.07, 6.45) is 2.93. The van der Waals surface area contributed by atoms with Crippen LogP contribution >= 0.6 is 0 Å². The quantitative estimate of drug-likeness (QED) is 0.191. The number of nitrogens with one attached hydrogen (secondary N) is 2. The van der Waals surface area contributed by atoms with Gasteiger partial charge in [0.15, 0.2) is 0 Å². The van der Waals surface area contributed by atoms with Crippen molar-refractivity contribution in [1.29, 1.82) is 0 Å². The van der Waals surface area contributed by atoms with E-state index in [1.807, 2.05) is 66.7 Å². The molecule has 1 aromatic heterocycles. The first kappa shape index (κ1) is 27.4. The molecule has 9 heteroatoms. The number of carboxylic acids is 1. The minimum atomic E-state index is -0.949. The maximum atomic E-state index is 12.2. The van der Waals surface area contributed by atoms with Gasteiger partial charge in [-0.3, -0.25) is 9.59 Å². The molecule has 0 aliphatic heterocycles. The second-order valence-corrected chi connectivity index (χ2v) is 9.07. The zero-order valence-electron chi connectivity index (χ0n) is 21.8. The molecule has 4 rings (SSSR count). The van der Waals surface area contributed by atoms with Crippen molar-refractivity contribution < 1.29 is 23.8 Å². The molecule has 0 saturated carbocycles. The summed E-state index contributed by atoms with van der Waals surface area (Å²) in [7, 11) is 0. The Kier molecular flexibility index (Phi) is 9.66. The smallest absolute Gasteiger partial charge is 0.305 e. The molecule has 0 aliphatic carbocycles. The predicted molar refractivity (Wildman–Crippen MR) is 149 cm³/mol. The molecule has 4 aromatic rings. The fourth-order valence-corrected chi connectivity index (χ4v) is 3.91. The van der Waals surface area contributed by atoms with Crippen LogP contribution in [0.1, 0.15) is 43.0 Å². The average Bonchev–Trinajstić information content (AvgIpc) is 3.46. The van der Waals surface area contributed by atoms with Gasteiger partial charge in [-0.05, 0) is 67.1 Å². The van der Waals surface area contributed by atoms with Crippen LogP contribution in [0.5, 0.6) is 5.75 Å². The van der Waals surface area contributed by atoms with Crippen LogP contribution in [0.2, 0.25) is 0 Å². The Labute approximate surface area is 227 Å². The van der Waals surface area contributed by atoms with E-state index in [9.17, 15) is 9.59 Å². The SMILES string of the molecule is CCCCC(COc1ccc(-c2nnc(-c3ccccc3)o2)cc1)Nc1ccc(C(=O)NCCC(=O)O)cc1. The number of carboxylic acid groups (broad SMARTS) is 1. The van der Waals surface area contributed by atoms with Gasteiger partial charge in [0.2, 0.25) is 11.8 Å². The van der Waals surface area contributed by atoms with Crippen LogP contribution in [0.25, 0.3) is 22.9 Å². The van der Waals surface area contributed by atoms with Crippen molar-refractivity contribution in [2.24, 2.45) is 0 Å². The topological polar surface area (TPSA) is 127 Å². The molecule has 0 bridgehead atoms. The molecule has 1 heterocycles. The highest BCUT2D eigenvalue weighted by molar-refractivity contribution is 5.94. The van der Waals surface area contributed by atoms with E-state index in [0.717, 1.165) is 41.8 Å². The van der Waals surface area contributed by atoms with Crippen LogP contribution < -0.4 is 15.4 Å². The number of ether oxygens (including phenoxy) is 1. The molecule has 0 saturated heterocycles. The lowest BCUT2D eigenvalue weighted by Gasteiger charge is -2.20. The number of rotatable bonds is 14. The van der Waals surface area contributed by atoms with Gasteiger partial charge < -0.3 is 24.9 Å². The molecule has 1 atom stereocenters. The molecular weight excluding hydrogens is 496 g/mol. The number of carbonyl (C=O) groups is 2. The summed E-state index contributed by atoms with van der Waals surface area (Å²) < 4.78 is 11.9. The van der Waals surface area contributed by atoms with Crippen LogP contribution in [0, 0.1) is 0 Å². The van der Waals surface area contributed by atoms with E-state index in [1.165, 1.54) is 0 Å². The highest BCUT2D eigenvalue weighted by Gasteiger charge is 2.13. The molecule has 0 radical (unpaired) electrons. The molecular formula is C30H32N4O5. The summed E-state index contributed by atoms with van der Waals surface area (Å²) in [5, 5.41) is 23.1. The van der Waals surface area contributed by atoms with Crippen molar-refractivity contribution in [3.05, 3.63) is 84.4 Å². The van der Waals surface area contributed by atoms with Gasteiger partial charge in [-0.1, -0.05) is 38.0 Å². The van der Waals surface area contributed by atoms with Gasteiger partial charge in [0.25, 0.3) is 5.91 Å². The van der Waals surface area contributed by atoms with Crippen molar-refractivity contribution in [2.75, 3.05) is 18.5 Å². The molecule has 0 aliphatic rings. The van der Waals surface area contributed by atoms with Gasteiger partial charge in [-0.25, -0.2) is 0 Å². The Balaban J connectivity index is 1.32. The Hall–Kier alpha value is -4.66. The highest BCUT2D eigenvalue weighted by Crippen LogP contribution is 2.25. The first-order valence-corrected chi connectivity index (χ1v) is 13.0. The second kappa shape index (κ2) is 13.8. The predicted octanol–water partition coefficient (Wildman–Crippen LogP) is 5.66. The Morgan fingerprint density at radius 3 is 2.23 bits per heavy atom. The van der Waals surface area contributed by atoms with Crippen LogP contribution in [0.3, 0.4) is 0 Å². The van der Waals surface area contributed by atoms with E-state index in [2.05, 4.69) is 27.8 Å². The minimum absolute atomic E-state index is 0.0734. The van der Waals surface area contributed by atoms with E-state index < -0.39 is 5.97 Å². The van der Waals surface area contributed by atoms with Gasteiger partial charge in [0, 0.05) is 28.9 Å². The third-order valence-electron chi connectivity index (χ3n) is 6.05. The average molecular weight is 529 g/mol. The number of hydrogen-bond acceptors (Lipinski definition) is 7. The Morgan fingerprint density at radius 1 is 0.923 bits per heavy atom. The lowest BCUT2D eigenvalue weighted by Crippen LogP contribution is -2.27. The Morgan fingerprint density at radius 2 is 1.59 bits per heavy atom. The maximum absolute atomic E-state index is 12.2. The van der Waals surface area contributed by atoms with Crippen molar-refractivity contribution in [2.45, 2.75) is 38.6 Å². The first-order valence-electron chi connectivity index (χ1n) is 13.0. The number of nitrogens with zero attached hydrogens (tertiary/aromatic N) is 2. The van der Waals surface area contributed by atoms with Crippen molar-refractivity contribution in [3.63, 3.8) is 0 Å². The van der Waals surface area contributed by atoms with Gasteiger partial charge >= 0.3 is 5.97 Å². The molecule has 3 N–H and O–H groups in total. The highest BCUT2D eigenvalue weighted by atomic mass is 16.5. The maximum Gasteiger partial charge on any atom is 0.305 e. The lowest BCUT2D eigenvalue weighted by molar-refractivity contribution is -0.136. The van der Waals surface area contributed by atoms with Crippen molar-refractivity contribution in [3.8, 4) is 28.7 Å². The van der Waals surface area contributed by atoms with E-state index in [-0.39, 0.29) is 24.9 Å². The van der Waals surface area contributed by atoms with E-state index in [1.54, 1.807) is 12.1 Å². The zero-order valence-corrected chi connectivity index (χ0v) is 21.8. The van der Waals surface area contributed by atoms with Crippen LogP contribution in [0.15, 0.2) is 83.3 Å². The van der Waals surface area contributed by atoms with E-state index >= 15 is 0 Å². The molecule has 202 valence electrons. The molecule has 0 fully saturated rings. The monoisotopic (exact) mass is 528 g/mol. The summed E-state index contributed by atoms with van der Waals surface area (Å²) >= 11 is 0. The van der Waals surface area contributed by atoms with Crippen molar-refractivity contribution >= 4 is 17.6 Å². The fourth-order valence-electron chi connectivity index (χ4n) is 3.91. The number of aliphatic carboxylic acids is 1. The molecule has 0 spiro atoms. The third kappa shape index (κ3) is 8.16. The molecule has 39 heavy (non-hydrogen) atoms. The van der Waals surface area contributed by atoms with Gasteiger partial charge in [0.1, 0.15) is 12.4 Å². The number of amides is 1. The number of hydrogen-bond donors (Lipinski definition) is 3. The second-order valence-electron chi connectivity index (χ2n) is 9.07. The summed E-state index contributed by atoms with van der Waals surface area (Å²) in [4.78, 5) is 22.8. The zero-order chi connectivity index (χ0) is 27.5. The van der Waals surface area contributed by atoms with Crippen LogP contribution in [-0.4, -0.2) is 46.4 Å².